The van der Waals surface area contributed by atoms with Crippen molar-refractivity contribution in [3.63, 3.8) is 0 Å². The van der Waals surface area contributed by atoms with Crippen LogP contribution in [0.5, 0.6) is 0 Å². The number of hydrogen-bond acceptors (Lipinski definition) is 5. The van der Waals surface area contributed by atoms with E-state index < -0.39 is 0 Å². The smallest absolute Gasteiger partial charge is 0.225 e. The maximum atomic E-state index is 4.82. The van der Waals surface area contributed by atoms with Crippen LogP contribution in [0.3, 0.4) is 0 Å². The first kappa shape index (κ1) is 22.1. The fourth-order valence-electron chi connectivity index (χ4n) is 5.63. The first-order valence-corrected chi connectivity index (χ1v) is 12.6. The van der Waals surface area contributed by atoms with Crippen molar-refractivity contribution in [2.75, 3.05) is 37.4 Å². The van der Waals surface area contributed by atoms with Crippen molar-refractivity contribution in [3.05, 3.63) is 59.7 Å². The summed E-state index contributed by atoms with van der Waals surface area (Å²) in [6, 6.07) is 17.7. The summed E-state index contributed by atoms with van der Waals surface area (Å²) in [6.45, 7) is 2.30. The van der Waals surface area contributed by atoms with Gasteiger partial charge in [-0.1, -0.05) is 36.4 Å². The van der Waals surface area contributed by atoms with Gasteiger partial charge < -0.3 is 15.5 Å². The molecule has 2 N–H and O–H groups in total. The topological polar surface area (TPSA) is 53.1 Å². The zero-order chi connectivity index (χ0) is 22.6. The molecule has 3 aromatic rings. The lowest BCUT2D eigenvalue weighted by atomic mass is 9.86. The molecule has 5 rings (SSSR count). The quantitative estimate of drug-likeness (QED) is 0.477. The Morgan fingerprint density at radius 1 is 0.848 bits per heavy atom. The lowest BCUT2D eigenvalue weighted by Gasteiger charge is -2.29. The Morgan fingerprint density at radius 2 is 1.55 bits per heavy atom. The van der Waals surface area contributed by atoms with E-state index in [1.807, 2.05) is 26.2 Å². The minimum Gasteiger partial charge on any atom is -0.362 e. The monoisotopic (exact) mass is 443 g/mol. The summed E-state index contributed by atoms with van der Waals surface area (Å²) >= 11 is 0. The van der Waals surface area contributed by atoms with Gasteiger partial charge in [0.25, 0.3) is 0 Å². The largest absolute Gasteiger partial charge is 0.362 e. The van der Waals surface area contributed by atoms with Crippen molar-refractivity contribution < 1.29 is 0 Å². The van der Waals surface area contributed by atoms with Crippen molar-refractivity contribution in [2.24, 2.45) is 11.8 Å². The van der Waals surface area contributed by atoms with Gasteiger partial charge in [-0.3, -0.25) is 0 Å². The third-order valence-electron chi connectivity index (χ3n) is 7.48. The van der Waals surface area contributed by atoms with Gasteiger partial charge in [-0.05, 0) is 93.1 Å². The van der Waals surface area contributed by atoms with E-state index in [1.54, 1.807) is 11.1 Å². The molecule has 174 valence electrons. The molecule has 1 fully saturated rings. The van der Waals surface area contributed by atoms with Gasteiger partial charge in [0.2, 0.25) is 5.95 Å². The fourth-order valence-corrected chi connectivity index (χ4v) is 5.63. The van der Waals surface area contributed by atoms with Crippen LogP contribution in [0.1, 0.15) is 43.2 Å². The molecule has 1 heterocycles. The fraction of sp³-hybridized carbons (Fsp3) is 0.500. The molecule has 0 atom stereocenters. The summed E-state index contributed by atoms with van der Waals surface area (Å²) in [6.07, 6.45) is 8.75. The third kappa shape index (κ3) is 5.30. The number of para-hydroxylation sites is 1. The van der Waals surface area contributed by atoms with Crippen LogP contribution in [-0.4, -0.2) is 43.2 Å². The van der Waals surface area contributed by atoms with Crippen LogP contribution in [-0.2, 0) is 12.8 Å². The van der Waals surface area contributed by atoms with Crippen LogP contribution in [0.25, 0.3) is 10.9 Å². The summed E-state index contributed by atoms with van der Waals surface area (Å²) in [7, 11) is 4.09. The van der Waals surface area contributed by atoms with E-state index in [9.17, 15) is 0 Å². The van der Waals surface area contributed by atoms with Gasteiger partial charge in [0.05, 0.1) is 5.52 Å². The molecular weight excluding hydrogens is 406 g/mol. The maximum Gasteiger partial charge on any atom is 0.225 e. The number of anilines is 2. The minimum atomic E-state index is 0.467. The van der Waals surface area contributed by atoms with Gasteiger partial charge in [0, 0.05) is 25.5 Å². The lowest BCUT2D eigenvalue weighted by molar-refractivity contribution is 0.320. The zero-order valence-corrected chi connectivity index (χ0v) is 20.1. The van der Waals surface area contributed by atoms with Crippen LogP contribution >= 0.6 is 0 Å². The second kappa shape index (κ2) is 10.1. The maximum absolute atomic E-state index is 4.82. The number of benzene rings is 2. The van der Waals surface area contributed by atoms with Crippen molar-refractivity contribution >= 4 is 22.7 Å². The molecule has 1 saturated carbocycles. The van der Waals surface area contributed by atoms with E-state index in [2.05, 4.69) is 51.9 Å². The van der Waals surface area contributed by atoms with Gasteiger partial charge in [-0.15, -0.1) is 0 Å². The van der Waals surface area contributed by atoms with E-state index >= 15 is 0 Å². The third-order valence-corrected chi connectivity index (χ3v) is 7.48. The Hall–Kier alpha value is -2.66. The van der Waals surface area contributed by atoms with Gasteiger partial charge in [-0.2, -0.15) is 4.98 Å². The Balaban J connectivity index is 1.05. The number of nitrogens with zero attached hydrogens (tertiary/aromatic N) is 3. The summed E-state index contributed by atoms with van der Waals surface area (Å²) in [5, 5.41) is 8.50. The highest BCUT2D eigenvalue weighted by Gasteiger charge is 2.23. The average molecular weight is 444 g/mol. The Labute approximate surface area is 198 Å². The average Bonchev–Trinajstić information content (AvgIpc) is 3.25. The number of fused-ring (bicyclic) bond motifs is 2. The van der Waals surface area contributed by atoms with E-state index in [0.717, 1.165) is 47.6 Å². The summed E-state index contributed by atoms with van der Waals surface area (Å²) < 4.78 is 0. The molecule has 2 aliphatic carbocycles. The molecule has 1 aromatic heterocycles. The van der Waals surface area contributed by atoms with Crippen LogP contribution in [0, 0.1) is 11.8 Å². The lowest BCUT2D eigenvalue weighted by Crippen LogP contribution is -2.32. The predicted octanol–water partition coefficient (Wildman–Crippen LogP) is 5.06. The Morgan fingerprint density at radius 3 is 2.27 bits per heavy atom. The van der Waals surface area contributed by atoms with Crippen LogP contribution in [0.2, 0.25) is 0 Å². The van der Waals surface area contributed by atoms with Gasteiger partial charge >= 0.3 is 0 Å². The van der Waals surface area contributed by atoms with Crippen molar-refractivity contribution in [1.29, 1.82) is 0 Å². The van der Waals surface area contributed by atoms with E-state index in [4.69, 9.17) is 9.97 Å². The molecule has 2 aliphatic rings. The highest BCUT2D eigenvalue weighted by Crippen LogP contribution is 2.29. The first-order valence-electron chi connectivity index (χ1n) is 12.6. The molecule has 0 spiro atoms. The van der Waals surface area contributed by atoms with Gasteiger partial charge in [-0.25, -0.2) is 4.98 Å². The highest BCUT2D eigenvalue weighted by atomic mass is 15.2. The molecule has 0 bridgehead atoms. The normalized spacial score (nSPS) is 20.7. The molecule has 5 heteroatoms. The number of rotatable bonds is 8. The van der Waals surface area contributed by atoms with Crippen molar-refractivity contribution in [2.45, 2.75) is 51.0 Å². The number of aromatic nitrogens is 2. The molecule has 2 aromatic carbocycles. The standard InChI is InChI=1S/C28H37N5/c1-33(2)27-25-9-5-6-10-26(25)31-28(32-27)30-24-13-11-20(12-14-24)19-29-16-15-21-17-22-7-3-4-8-23(22)18-21/h3-10,20-21,24,29H,11-19H2,1-2H3,(H,30,31,32)/t20-,24+. The molecule has 0 amide bonds. The summed E-state index contributed by atoms with van der Waals surface area (Å²) in [5.74, 6) is 3.35. The minimum absolute atomic E-state index is 0.467. The number of hydrogen-bond donors (Lipinski definition) is 2. The van der Waals surface area contributed by atoms with E-state index in [1.165, 1.54) is 44.9 Å². The summed E-state index contributed by atoms with van der Waals surface area (Å²) in [5.41, 5.74) is 4.14. The van der Waals surface area contributed by atoms with Crippen LogP contribution < -0.4 is 15.5 Å². The molecule has 0 aliphatic heterocycles. The second-order valence-electron chi connectivity index (χ2n) is 10.2. The SMILES string of the molecule is CN(C)c1nc(N[C@H]2CC[C@@H](CNCCC3Cc4ccccc4C3)CC2)nc2ccccc12. The van der Waals surface area contributed by atoms with Gasteiger partial charge in [0.1, 0.15) is 5.82 Å². The highest BCUT2D eigenvalue weighted by molar-refractivity contribution is 5.90. The molecular formula is C28H37N5. The number of nitrogens with one attached hydrogen (secondary N) is 2. The molecule has 33 heavy (non-hydrogen) atoms. The molecule has 0 unspecified atom stereocenters. The molecule has 0 saturated heterocycles. The zero-order valence-electron chi connectivity index (χ0n) is 20.1. The van der Waals surface area contributed by atoms with E-state index in [0.29, 0.717) is 6.04 Å². The molecule has 0 radical (unpaired) electrons. The van der Waals surface area contributed by atoms with E-state index in [-0.39, 0.29) is 0 Å². The molecule has 5 nitrogen and oxygen atoms in total. The first-order chi connectivity index (χ1) is 16.2. The Kier molecular flexibility index (Phi) is 6.77. The summed E-state index contributed by atoms with van der Waals surface area (Å²) in [4.78, 5) is 11.7. The van der Waals surface area contributed by atoms with Crippen LogP contribution in [0.15, 0.2) is 48.5 Å². The van der Waals surface area contributed by atoms with Crippen LogP contribution in [0.4, 0.5) is 11.8 Å². The Bertz CT molecular complexity index is 1050. The van der Waals surface area contributed by atoms with Crippen molar-refractivity contribution in [1.82, 2.24) is 15.3 Å². The second-order valence-corrected chi connectivity index (χ2v) is 10.2. The van der Waals surface area contributed by atoms with Crippen molar-refractivity contribution in [3.8, 4) is 0 Å². The predicted molar refractivity (Wildman–Crippen MR) is 138 cm³/mol. The van der Waals surface area contributed by atoms with Gasteiger partial charge in [0.15, 0.2) is 0 Å².